The average molecular weight is 272 g/mol. The Kier molecular flexibility index (Phi) is 2.94. The van der Waals surface area contributed by atoms with Crippen LogP contribution in [0.2, 0.25) is 0 Å². The fraction of sp³-hybridized carbons (Fsp3) is 0.231. The van der Waals surface area contributed by atoms with Crippen molar-refractivity contribution >= 4 is 11.6 Å². The van der Waals surface area contributed by atoms with Crippen molar-refractivity contribution in [2.45, 2.75) is 18.9 Å². The Labute approximate surface area is 114 Å². The molecular formula is C13H12N4O3. The number of nitro groups is 1. The minimum Gasteiger partial charge on any atom is -0.349 e. The smallest absolute Gasteiger partial charge is 0.269 e. The van der Waals surface area contributed by atoms with Gasteiger partial charge in [-0.15, -0.1) is 0 Å². The first-order valence-corrected chi connectivity index (χ1v) is 6.24. The van der Waals surface area contributed by atoms with Gasteiger partial charge in [-0.1, -0.05) is 0 Å². The first-order valence-electron chi connectivity index (χ1n) is 6.24. The van der Waals surface area contributed by atoms with Crippen LogP contribution in [0, 0.1) is 10.1 Å². The molecule has 0 aliphatic heterocycles. The van der Waals surface area contributed by atoms with Crippen LogP contribution in [-0.4, -0.2) is 27.1 Å². The topological polar surface area (TPSA) is 101 Å². The Morgan fingerprint density at radius 2 is 2.05 bits per heavy atom. The molecule has 0 atom stereocenters. The summed E-state index contributed by atoms with van der Waals surface area (Å²) in [5.74, 6) is -0.172. The summed E-state index contributed by atoms with van der Waals surface area (Å²) in [4.78, 5) is 22.2. The van der Waals surface area contributed by atoms with Gasteiger partial charge in [-0.3, -0.25) is 20.0 Å². The van der Waals surface area contributed by atoms with Gasteiger partial charge in [0, 0.05) is 23.7 Å². The highest BCUT2D eigenvalue weighted by atomic mass is 16.6. The molecule has 0 bridgehead atoms. The molecule has 1 aromatic heterocycles. The molecule has 7 heteroatoms. The zero-order valence-corrected chi connectivity index (χ0v) is 10.5. The average Bonchev–Trinajstić information content (AvgIpc) is 3.11. The van der Waals surface area contributed by atoms with Gasteiger partial charge in [0.2, 0.25) is 0 Å². The Morgan fingerprint density at radius 1 is 1.35 bits per heavy atom. The molecule has 0 radical (unpaired) electrons. The first kappa shape index (κ1) is 12.3. The van der Waals surface area contributed by atoms with Crippen LogP contribution < -0.4 is 5.32 Å². The van der Waals surface area contributed by atoms with Crippen LogP contribution >= 0.6 is 0 Å². The number of benzene rings is 1. The summed E-state index contributed by atoms with van der Waals surface area (Å²) in [6.45, 7) is 0. The van der Waals surface area contributed by atoms with Crippen molar-refractivity contribution in [2.75, 3.05) is 0 Å². The molecule has 1 fully saturated rings. The van der Waals surface area contributed by atoms with Gasteiger partial charge in [0.1, 0.15) is 0 Å². The number of aromatic nitrogens is 2. The number of carbonyl (C=O) groups excluding carboxylic acids is 1. The monoisotopic (exact) mass is 272 g/mol. The van der Waals surface area contributed by atoms with Gasteiger partial charge in [0.15, 0.2) is 0 Å². The Morgan fingerprint density at radius 3 is 2.65 bits per heavy atom. The molecule has 1 aromatic carbocycles. The molecule has 0 saturated heterocycles. The lowest BCUT2D eigenvalue weighted by Gasteiger charge is -2.04. The number of nitrogens with zero attached hydrogens (tertiary/aromatic N) is 2. The van der Waals surface area contributed by atoms with E-state index < -0.39 is 4.92 Å². The number of aromatic amines is 1. The van der Waals surface area contributed by atoms with Crippen molar-refractivity contribution in [3.63, 3.8) is 0 Å². The van der Waals surface area contributed by atoms with Crippen LogP contribution in [0.1, 0.15) is 23.2 Å². The molecule has 1 aliphatic rings. The normalized spacial score (nSPS) is 14.0. The van der Waals surface area contributed by atoms with Gasteiger partial charge in [-0.2, -0.15) is 5.10 Å². The van der Waals surface area contributed by atoms with Crippen molar-refractivity contribution in [2.24, 2.45) is 0 Å². The SMILES string of the molecule is O=C(NC1CC1)c1cn[nH]c1-c1ccc([N+](=O)[O-])cc1. The second-order valence-corrected chi connectivity index (χ2v) is 4.71. The zero-order valence-electron chi connectivity index (χ0n) is 10.5. The Hall–Kier alpha value is -2.70. The molecular weight excluding hydrogens is 260 g/mol. The minimum atomic E-state index is -0.461. The molecule has 1 saturated carbocycles. The van der Waals surface area contributed by atoms with Gasteiger partial charge in [-0.25, -0.2) is 0 Å². The fourth-order valence-electron chi connectivity index (χ4n) is 1.92. The van der Waals surface area contributed by atoms with Crippen LogP contribution in [0.15, 0.2) is 30.5 Å². The summed E-state index contributed by atoms with van der Waals surface area (Å²) < 4.78 is 0. The van der Waals surface area contributed by atoms with E-state index in [-0.39, 0.29) is 17.6 Å². The van der Waals surface area contributed by atoms with Crippen molar-refractivity contribution in [1.82, 2.24) is 15.5 Å². The molecule has 2 N–H and O–H groups in total. The van der Waals surface area contributed by atoms with E-state index in [9.17, 15) is 14.9 Å². The molecule has 1 aliphatic carbocycles. The second kappa shape index (κ2) is 4.76. The highest BCUT2D eigenvalue weighted by Gasteiger charge is 2.25. The van der Waals surface area contributed by atoms with E-state index in [1.165, 1.54) is 18.3 Å². The lowest BCUT2D eigenvalue weighted by Crippen LogP contribution is -2.25. The van der Waals surface area contributed by atoms with E-state index in [1.807, 2.05) is 0 Å². The van der Waals surface area contributed by atoms with Crippen LogP contribution in [0.5, 0.6) is 0 Å². The second-order valence-electron chi connectivity index (χ2n) is 4.71. The number of nitro benzene ring substituents is 1. The van der Waals surface area contributed by atoms with Gasteiger partial charge < -0.3 is 5.32 Å². The van der Waals surface area contributed by atoms with Gasteiger partial charge in [0.25, 0.3) is 11.6 Å². The summed E-state index contributed by atoms with van der Waals surface area (Å²) in [6.07, 6.45) is 3.49. The maximum Gasteiger partial charge on any atom is 0.269 e. The summed E-state index contributed by atoms with van der Waals surface area (Å²) in [7, 11) is 0. The lowest BCUT2D eigenvalue weighted by atomic mass is 10.1. The first-order chi connectivity index (χ1) is 9.65. The molecule has 0 spiro atoms. The summed E-state index contributed by atoms with van der Waals surface area (Å²) >= 11 is 0. The minimum absolute atomic E-state index is 0.0113. The van der Waals surface area contributed by atoms with Crippen molar-refractivity contribution in [1.29, 1.82) is 0 Å². The number of nitrogens with one attached hydrogen (secondary N) is 2. The predicted octanol–water partition coefficient (Wildman–Crippen LogP) is 1.88. The van der Waals surface area contributed by atoms with Crippen molar-refractivity contribution < 1.29 is 9.72 Å². The van der Waals surface area contributed by atoms with Crippen LogP contribution in [0.3, 0.4) is 0 Å². The number of rotatable bonds is 4. The van der Waals surface area contributed by atoms with E-state index >= 15 is 0 Å². The Balaban J connectivity index is 1.88. The zero-order chi connectivity index (χ0) is 14.1. The third-order valence-corrected chi connectivity index (χ3v) is 3.16. The quantitative estimate of drug-likeness (QED) is 0.655. The predicted molar refractivity (Wildman–Crippen MR) is 71.2 cm³/mol. The largest absolute Gasteiger partial charge is 0.349 e. The molecule has 1 heterocycles. The number of carbonyl (C=O) groups is 1. The maximum atomic E-state index is 12.0. The van der Waals surface area contributed by atoms with Gasteiger partial charge in [0.05, 0.1) is 22.4 Å². The third-order valence-electron chi connectivity index (χ3n) is 3.16. The van der Waals surface area contributed by atoms with Crippen molar-refractivity contribution in [3.05, 3.63) is 46.1 Å². The molecule has 1 amide bonds. The number of amides is 1. The third kappa shape index (κ3) is 2.37. The van der Waals surface area contributed by atoms with E-state index in [0.29, 0.717) is 16.8 Å². The number of hydrogen-bond donors (Lipinski definition) is 2. The van der Waals surface area contributed by atoms with Crippen molar-refractivity contribution in [3.8, 4) is 11.3 Å². The molecule has 102 valence electrons. The lowest BCUT2D eigenvalue weighted by molar-refractivity contribution is -0.384. The number of hydrogen-bond acceptors (Lipinski definition) is 4. The van der Waals surface area contributed by atoms with Gasteiger partial charge >= 0.3 is 0 Å². The summed E-state index contributed by atoms with van der Waals surface area (Å²) in [5, 5.41) is 20.2. The maximum absolute atomic E-state index is 12.0. The molecule has 2 aromatic rings. The van der Waals surface area contributed by atoms with E-state index in [1.54, 1.807) is 12.1 Å². The number of H-pyrrole nitrogens is 1. The molecule has 3 rings (SSSR count). The van der Waals surface area contributed by atoms with Crippen LogP contribution in [0.25, 0.3) is 11.3 Å². The van der Waals surface area contributed by atoms with E-state index in [2.05, 4.69) is 15.5 Å². The van der Waals surface area contributed by atoms with E-state index in [0.717, 1.165) is 12.8 Å². The van der Waals surface area contributed by atoms with E-state index in [4.69, 9.17) is 0 Å². The van der Waals surface area contributed by atoms with Gasteiger partial charge in [-0.05, 0) is 25.0 Å². The fourth-order valence-corrected chi connectivity index (χ4v) is 1.92. The highest BCUT2D eigenvalue weighted by molar-refractivity contribution is 6.00. The highest BCUT2D eigenvalue weighted by Crippen LogP contribution is 2.25. The summed E-state index contributed by atoms with van der Waals surface area (Å²) in [5.41, 5.74) is 1.72. The van der Waals surface area contributed by atoms with Crippen LogP contribution in [0.4, 0.5) is 5.69 Å². The Bertz CT molecular complexity index is 659. The molecule has 0 unspecified atom stereocenters. The molecule has 7 nitrogen and oxygen atoms in total. The van der Waals surface area contributed by atoms with Crippen LogP contribution in [-0.2, 0) is 0 Å². The number of non-ortho nitro benzene ring substituents is 1. The standard InChI is InChI=1S/C13H12N4O3/c18-13(15-9-3-4-9)11-7-14-16-12(11)8-1-5-10(6-2-8)17(19)20/h1-2,5-7,9H,3-4H2,(H,14,16)(H,15,18). The molecule has 20 heavy (non-hydrogen) atoms. The summed E-state index contributed by atoms with van der Waals surface area (Å²) in [6, 6.07) is 6.26.